The van der Waals surface area contributed by atoms with Crippen molar-refractivity contribution in [1.82, 2.24) is 9.21 Å². The lowest BCUT2D eigenvalue weighted by molar-refractivity contribution is 0.113. The molecular weight excluding hydrogens is 319 g/mol. The first kappa shape index (κ1) is 16.8. The SMILES string of the molecule is CO[C@H]1C[C@@H](CN2CCCC2)N(S(=O)(=O)c2ccc(F)cc2)C1. The summed E-state index contributed by atoms with van der Waals surface area (Å²) in [5, 5.41) is 0. The molecule has 0 bridgehead atoms. The van der Waals surface area contributed by atoms with Crippen LogP contribution in [-0.2, 0) is 14.8 Å². The highest BCUT2D eigenvalue weighted by Gasteiger charge is 2.41. The second kappa shape index (κ2) is 6.84. The highest BCUT2D eigenvalue weighted by Crippen LogP contribution is 2.29. The minimum Gasteiger partial charge on any atom is -0.380 e. The Morgan fingerprint density at radius 2 is 1.87 bits per heavy atom. The number of nitrogens with zero attached hydrogens (tertiary/aromatic N) is 2. The number of halogens is 1. The number of likely N-dealkylation sites (tertiary alicyclic amines) is 1. The monoisotopic (exact) mass is 342 g/mol. The summed E-state index contributed by atoms with van der Waals surface area (Å²) < 4.78 is 45.9. The zero-order valence-corrected chi connectivity index (χ0v) is 14.1. The van der Waals surface area contributed by atoms with Crippen molar-refractivity contribution in [2.75, 3.05) is 33.3 Å². The van der Waals surface area contributed by atoms with Gasteiger partial charge in [-0.15, -0.1) is 0 Å². The van der Waals surface area contributed by atoms with Gasteiger partial charge in [0.2, 0.25) is 10.0 Å². The Labute approximate surface area is 137 Å². The van der Waals surface area contributed by atoms with Crippen LogP contribution in [0.3, 0.4) is 0 Å². The zero-order chi connectivity index (χ0) is 16.4. The molecule has 1 aromatic carbocycles. The molecule has 2 aliphatic rings. The number of hydrogen-bond donors (Lipinski definition) is 0. The molecule has 7 heteroatoms. The molecule has 0 aromatic heterocycles. The third-order valence-electron chi connectivity index (χ3n) is 4.75. The maximum atomic E-state index is 13.1. The average molecular weight is 342 g/mol. The summed E-state index contributed by atoms with van der Waals surface area (Å²) in [6, 6.07) is 4.95. The number of benzene rings is 1. The van der Waals surface area contributed by atoms with Crippen molar-refractivity contribution in [2.24, 2.45) is 0 Å². The minimum atomic E-state index is -3.63. The van der Waals surface area contributed by atoms with Crippen LogP contribution in [0, 0.1) is 5.82 Å². The predicted molar refractivity (Wildman–Crippen MR) is 85.2 cm³/mol. The highest BCUT2D eigenvalue weighted by molar-refractivity contribution is 7.89. The van der Waals surface area contributed by atoms with Gasteiger partial charge in [-0.2, -0.15) is 4.31 Å². The third kappa shape index (κ3) is 3.57. The van der Waals surface area contributed by atoms with E-state index in [1.165, 1.54) is 41.4 Å². The van der Waals surface area contributed by atoms with E-state index in [1.54, 1.807) is 7.11 Å². The number of sulfonamides is 1. The van der Waals surface area contributed by atoms with Gasteiger partial charge in [-0.25, -0.2) is 12.8 Å². The van der Waals surface area contributed by atoms with Crippen molar-refractivity contribution in [3.63, 3.8) is 0 Å². The number of methoxy groups -OCH3 is 1. The van der Waals surface area contributed by atoms with E-state index in [-0.39, 0.29) is 17.0 Å². The molecule has 0 spiro atoms. The van der Waals surface area contributed by atoms with E-state index in [0.29, 0.717) is 13.0 Å². The first-order valence-corrected chi connectivity index (χ1v) is 9.47. The lowest BCUT2D eigenvalue weighted by atomic mass is 10.2. The van der Waals surface area contributed by atoms with Crippen LogP contribution in [0.25, 0.3) is 0 Å². The normalized spacial score (nSPS) is 26.9. The van der Waals surface area contributed by atoms with E-state index < -0.39 is 15.8 Å². The third-order valence-corrected chi connectivity index (χ3v) is 6.68. The van der Waals surface area contributed by atoms with Gasteiger partial charge in [-0.1, -0.05) is 0 Å². The van der Waals surface area contributed by atoms with E-state index in [0.717, 1.165) is 19.6 Å². The Bertz CT molecular complexity index is 629. The molecule has 2 fully saturated rings. The molecule has 0 N–H and O–H groups in total. The van der Waals surface area contributed by atoms with Crippen LogP contribution < -0.4 is 0 Å². The van der Waals surface area contributed by atoms with Crippen molar-refractivity contribution in [3.8, 4) is 0 Å². The Hall–Kier alpha value is -1.02. The molecule has 23 heavy (non-hydrogen) atoms. The van der Waals surface area contributed by atoms with Gasteiger partial charge in [0.05, 0.1) is 11.0 Å². The summed E-state index contributed by atoms with van der Waals surface area (Å²) in [6.45, 7) is 3.15. The van der Waals surface area contributed by atoms with Crippen molar-refractivity contribution < 1.29 is 17.5 Å². The minimum absolute atomic E-state index is 0.0853. The molecule has 5 nitrogen and oxygen atoms in total. The molecule has 0 saturated carbocycles. The van der Waals surface area contributed by atoms with Gasteiger partial charge in [-0.05, 0) is 56.6 Å². The van der Waals surface area contributed by atoms with Gasteiger partial charge in [0.25, 0.3) is 0 Å². The molecule has 2 heterocycles. The molecule has 3 rings (SSSR count). The quantitative estimate of drug-likeness (QED) is 0.817. The lowest BCUT2D eigenvalue weighted by Gasteiger charge is -2.27. The van der Waals surface area contributed by atoms with Crippen molar-refractivity contribution >= 4 is 10.0 Å². The fraction of sp³-hybridized carbons (Fsp3) is 0.625. The Morgan fingerprint density at radius 1 is 1.22 bits per heavy atom. The van der Waals surface area contributed by atoms with Crippen LogP contribution in [-0.4, -0.2) is 63.1 Å². The van der Waals surface area contributed by atoms with Gasteiger partial charge in [0, 0.05) is 26.2 Å². The highest BCUT2D eigenvalue weighted by atomic mass is 32.2. The molecule has 0 unspecified atom stereocenters. The summed E-state index contributed by atoms with van der Waals surface area (Å²) in [5.41, 5.74) is 0. The number of ether oxygens (including phenoxy) is 1. The van der Waals surface area contributed by atoms with E-state index >= 15 is 0 Å². The van der Waals surface area contributed by atoms with Crippen molar-refractivity contribution in [1.29, 1.82) is 0 Å². The van der Waals surface area contributed by atoms with Gasteiger partial charge < -0.3 is 9.64 Å². The van der Waals surface area contributed by atoms with Crippen LogP contribution in [0.1, 0.15) is 19.3 Å². The maximum absolute atomic E-state index is 13.1. The summed E-state index contributed by atoms with van der Waals surface area (Å²) in [4.78, 5) is 2.46. The summed E-state index contributed by atoms with van der Waals surface area (Å²) in [5.74, 6) is -0.436. The molecular formula is C16H23FN2O3S. The Balaban J connectivity index is 1.82. The molecule has 2 atom stereocenters. The average Bonchev–Trinajstić information content (AvgIpc) is 3.18. The predicted octanol–water partition coefficient (Wildman–Crippen LogP) is 1.70. The number of hydrogen-bond acceptors (Lipinski definition) is 4. The maximum Gasteiger partial charge on any atom is 0.243 e. The fourth-order valence-electron chi connectivity index (χ4n) is 3.48. The fourth-order valence-corrected chi connectivity index (χ4v) is 5.14. The Kier molecular flexibility index (Phi) is 5.01. The van der Waals surface area contributed by atoms with Crippen molar-refractivity contribution in [3.05, 3.63) is 30.1 Å². The molecule has 2 aliphatic heterocycles. The van der Waals surface area contributed by atoms with Gasteiger partial charge in [0.1, 0.15) is 5.82 Å². The van der Waals surface area contributed by atoms with E-state index in [2.05, 4.69) is 4.90 Å². The van der Waals surface area contributed by atoms with Crippen LogP contribution in [0.15, 0.2) is 29.2 Å². The van der Waals surface area contributed by atoms with E-state index in [1.807, 2.05) is 0 Å². The van der Waals surface area contributed by atoms with Gasteiger partial charge >= 0.3 is 0 Å². The van der Waals surface area contributed by atoms with Crippen LogP contribution in [0.5, 0.6) is 0 Å². The Morgan fingerprint density at radius 3 is 2.48 bits per heavy atom. The largest absolute Gasteiger partial charge is 0.380 e. The zero-order valence-electron chi connectivity index (χ0n) is 13.3. The first-order chi connectivity index (χ1) is 11.0. The first-order valence-electron chi connectivity index (χ1n) is 8.03. The number of rotatable bonds is 5. The topological polar surface area (TPSA) is 49.9 Å². The molecule has 128 valence electrons. The summed E-state index contributed by atoms with van der Waals surface area (Å²) in [6.07, 6.45) is 2.96. The molecule has 0 aliphatic carbocycles. The van der Waals surface area contributed by atoms with Crippen LogP contribution in [0.2, 0.25) is 0 Å². The van der Waals surface area contributed by atoms with Crippen LogP contribution >= 0.6 is 0 Å². The van der Waals surface area contributed by atoms with Gasteiger partial charge in [-0.3, -0.25) is 0 Å². The smallest absolute Gasteiger partial charge is 0.243 e. The molecule has 0 amide bonds. The molecule has 2 saturated heterocycles. The van der Waals surface area contributed by atoms with E-state index in [9.17, 15) is 12.8 Å². The van der Waals surface area contributed by atoms with E-state index in [4.69, 9.17) is 4.74 Å². The molecule has 0 radical (unpaired) electrons. The summed E-state index contributed by atoms with van der Waals surface area (Å²) in [7, 11) is -2.01. The van der Waals surface area contributed by atoms with Gasteiger partial charge in [0.15, 0.2) is 0 Å². The second-order valence-corrected chi connectivity index (χ2v) is 8.17. The molecule has 1 aromatic rings. The summed E-state index contributed by atoms with van der Waals surface area (Å²) >= 11 is 0. The van der Waals surface area contributed by atoms with Crippen LogP contribution in [0.4, 0.5) is 4.39 Å². The lowest BCUT2D eigenvalue weighted by Crippen LogP contribution is -2.42. The standard InChI is InChI=1S/C16H23FN2O3S/c1-22-15-10-14(11-18-8-2-3-9-18)19(12-15)23(20,21)16-6-4-13(17)5-7-16/h4-7,14-15H,2-3,8-12H2,1H3/t14-,15-/m0/s1. The van der Waals surface area contributed by atoms with Crippen molar-refractivity contribution in [2.45, 2.75) is 36.3 Å². The second-order valence-electron chi connectivity index (χ2n) is 6.28.